The summed E-state index contributed by atoms with van der Waals surface area (Å²) in [7, 11) is 0.124. The summed E-state index contributed by atoms with van der Waals surface area (Å²) in [5.41, 5.74) is 1.68. The van der Waals surface area contributed by atoms with Crippen LogP contribution >= 0.6 is 22.9 Å². The molecule has 8 heteroatoms. The van der Waals surface area contributed by atoms with Gasteiger partial charge >= 0.3 is 0 Å². The first-order valence-electron chi connectivity index (χ1n) is 8.38. The first kappa shape index (κ1) is 21.2. The van der Waals surface area contributed by atoms with E-state index in [0.29, 0.717) is 9.90 Å². The predicted molar refractivity (Wildman–Crippen MR) is 109 cm³/mol. The Balaban J connectivity index is 2.29. The van der Waals surface area contributed by atoms with Crippen LogP contribution in [0.3, 0.4) is 0 Å². The van der Waals surface area contributed by atoms with E-state index < -0.39 is 22.2 Å². The minimum atomic E-state index is -3.75. The largest absolute Gasteiger partial charge is 0.387 e. The van der Waals surface area contributed by atoms with Crippen LogP contribution in [0.25, 0.3) is 0 Å². The molecule has 1 unspecified atom stereocenters. The highest BCUT2D eigenvalue weighted by molar-refractivity contribution is 7.91. The number of benzene rings is 1. The Hall–Kier alpha value is -1.12. The van der Waals surface area contributed by atoms with Crippen LogP contribution in [0, 0.1) is 5.92 Å². The summed E-state index contributed by atoms with van der Waals surface area (Å²) >= 11 is 6.86. The molecule has 2 aromatic rings. The molecule has 0 bridgehead atoms. The molecule has 2 N–H and O–H groups in total. The average molecular weight is 417 g/mol. The minimum Gasteiger partial charge on any atom is -0.387 e. The van der Waals surface area contributed by atoms with Gasteiger partial charge in [-0.15, -0.1) is 11.3 Å². The number of rotatable bonds is 8. The van der Waals surface area contributed by atoms with Crippen LogP contribution < -0.4 is 9.62 Å². The molecule has 0 amide bonds. The van der Waals surface area contributed by atoms with Gasteiger partial charge in [0.25, 0.3) is 0 Å². The summed E-state index contributed by atoms with van der Waals surface area (Å²) in [5.74, 6) is -0.0521. The molecule has 0 aliphatic rings. The lowest BCUT2D eigenvalue weighted by Crippen LogP contribution is -2.43. The molecule has 26 heavy (non-hydrogen) atoms. The molecule has 0 saturated carbocycles. The second-order valence-electron chi connectivity index (χ2n) is 6.52. The SMILES string of the molecule is CC[C@H](C)C(NS(=O)(=O)c1ccc(Cl)s1)[C@@H](O)c1ccc(N(C)C)cc1. The topological polar surface area (TPSA) is 69.6 Å². The summed E-state index contributed by atoms with van der Waals surface area (Å²) in [4.78, 5) is 1.96. The van der Waals surface area contributed by atoms with E-state index >= 15 is 0 Å². The predicted octanol–water partition coefficient (Wildman–Crippen LogP) is 3.89. The molecular weight excluding hydrogens is 392 g/mol. The van der Waals surface area contributed by atoms with Gasteiger partial charge < -0.3 is 10.0 Å². The Morgan fingerprint density at radius 3 is 2.27 bits per heavy atom. The summed E-state index contributed by atoms with van der Waals surface area (Å²) in [6.07, 6.45) is -0.225. The Bertz CT molecular complexity index is 819. The van der Waals surface area contributed by atoms with Crippen LogP contribution in [0.1, 0.15) is 31.9 Å². The van der Waals surface area contributed by atoms with Crippen LogP contribution in [0.4, 0.5) is 5.69 Å². The van der Waals surface area contributed by atoms with Crippen molar-refractivity contribution in [3.8, 4) is 0 Å². The van der Waals surface area contributed by atoms with Crippen LogP contribution in [0.2, 0.25) is 4.34 Å². The number of nitrogens with one attached hydrogen (secondary N) is 1. The van der Waals surface area contributed by atoms with Gasteiger partial charge in [0.05, 0.1) is 16.5 Å². The number of aliphatic hydroxyl groups excluding tert-OH is 1. The second kappa shape index (κ2) is 8.71. The maximum absolute atomic E-state index is 12.7. The van der Waals surface area contributed by atoms with Crippen molar-refractivity contribution in [2.75, 3.05) is 19.0 Å². The van der Waals surface area contributed by atoms with Gasteiger partial charge in [0.1, 0.15) is 4.21 Å². The van der Waals surface area contributed by atoms with Gasteiger partial charge in [0.15, 0.2) is 0 Å². The molecule has 1 aromatic carbocycles. The number of hydrogen-bond donors (Lipinski definition) is 2. The number of hydrogen-bond acceptors (Lipinski definition) is 5. The van der Waals surface area contributed by atoms with E-state index in [2.05, 4.69) is 4.72 Å². The molecule has 144 valence electrons. The highest BCUT2D eigenvalue weighted by Gasteiger charge is 2.31. The maximum atomic E-state index is 12.7. The zero-order valence-electron chi connectivity index (χ0n) is 15.3. The fourth-order valence-corrected chi connectivity index (χ4v) is 5.45. The Morgan fingerprint density at radius 1 is 1.19 bits per heavy atom. The molecule has 0 spiro atoms. The Morgan fingerprint density at radius 2 is 1.81 bits per heavy atom. The quantitative estimate of drug-likeness (QED) is 0.684. The van der Waals surface area contributed by atoms with Crippen molar-refractivity contribution < 1.29 is 13.5 Å². The molecule has 5 nitrogen and oxygen atoms in total. The zero-order valence-corrected chi connectivity index (χ0v) is 17.7. The average Bonchev–Trinajstić information content (AvgIpc) is 3.06. The van der Waals surface area contributed by atoms with E-state index in [-0.39, 0.29) is 10.1 Å². The van der Waals surface area contributed by atoms with Gasteiger partial charge in [0.2, 0.25) is 10.0 Å². The molecule has 1 aromatic heterocycles. The summed E-state index contributed by atoms with van der Waals surface area (Å²) in [6, 6.07) is 9.84. The van der Waals surface area contributed by atoms with Crippen LogP contribution in [0.15, 0.2) is 40.6 Å². The minimum absolute atomic E-state index is 0.0521. The van der Waals surface area contributed by atoms with Crippen LogP contribution in [-0.4, -0.2) is 33.7 Å². The molecule has 0 aliphatic heterocycles. The lowest BCUT2D eigenvalue weighted by Gasteiger charge is -2.29. The highest BCUT2D eigenvalue weighted by atomic mass is 35.5. The van der Waals surface area contributed by atoms with Gasteiger partial charge in [0, 0.05) is 19.8 Å². The van der Waals surface area contributed by atoms with Gasteiger partial charge in [-0.05, 0) is 35.7 Å². The molecule has 0 saturated heterocycles. The van der Waals surface area contributed by atoms with E-state index in [1.54, 1.807) is 6.07 Å². The number of nitrogens with zero attached hydrogens (tertiary/aromatic N) is 1. The number of aliphatic hydroxyl groups is 1. The summed E-state index contributed by atoms with van der Waals surface area (Å²) < 4.78 is 28.6. The van der Waals surface area contributed by atoms with Gasteiger partial charge in [-0.2, -0.15) is 0 Å². The fraction of sp³-hybridized carbons (Fsp3) is 0.444. The van der Waals surface area contributed by atoms with E-state index in [0.717, 1.165) is 23.4 Å². The van der Waals surface area contributed by atoms with Crippen molar-refractivity contribution >= 4 is 38.6 Å². The third kappa shape index (κ3) is 4.98. The molecule has 0 fully saturated rings. The molecule has 2 rings (SSSR count). The van der Waals surface area contributed by atoms with Crippen LogP contribution in [0.5, 0.6) is 0 Å². The van der Waals surface area contributed by atoms with Crippen molar-refractivity contribution in [2.24, 2.45) is 5.92 Å². The standard InChI is InChI=1S/C18H25ClN2O3S2/c1-5-12(2)17(20-26(23,24)16-11-10-15(19)25-16)18(22)13-6-8-14(9-7-13)21(3)4/h6-12,17-18,20,22H,5H2,1-4H3/t12-,17?,18-/m0/s1. The van der Waals surface area contributed by atoms with Crippen molar-refractivity contribution in [2.45, 2.75) is 36.6 Å². The van der Waals surface area contributed by atoms with Crippen molar-refractivity contribution in [3.05, 3.63) is 46.3 Å². The van der Waals surface area contributed by atoms with E-state index in [4.69, 9.17) is 11.6 Å². The molecule has 0 radical (unpaired) electrons. The smallest absolute Gasteiger partial charge is 0.250 e. The third-order valence-corrected chi connectivity index (χ3v) is 7.64. The maximum Gasteiger partial charge on any atom is 0.250 e. The first-order chi connectivity index (χ1) is 12.2. The summed E-state index contributed by atoms with van der Waals surface area (Å²) in [5, 5.41) is 10.9. The number of halogens is 1. The number of sulfonamides is 1. The number of thiophene rings is 1. The fourth-order valence-electron chi connectivity index (χ4n) is 2.60. The van der Waals surface area contributed by atoms with E-state index in [1.807, 2.05) is 57.1 Å². The van der Waals surface area contributed by atoms with Crippen molar-refractivity contribution in [1.29, 1.82) is 0 Å². The van der Waals surface area contributed by atoms with Crippen molar-refractivity contribution in [3.63, 3.8) is 0 Å². The second-order valence-corrected chi connectivity index (χ2v) is 10.2. The molecule has 1 heterocycles. The zero-order chi connectivity index (χ0) is 19.5. The molecule has 3 atom stereocenters. The highest BCUT2D eigenvalue weighted by Crippen LogP contribution is 2.30. The first-order valence-corrected chi connectivity index (χ1v) is 11.1. The Kier molecular flexibility index (Phi) is 7.10. The van der Waals surface area contributed by atoms with Gasteiger partial charge in [-0.1, -0.05) is 44.0 Å². The lowest BCUT2D eigenvalue weighted by atomic mass is 9.91. The van der Waals surface area contributed by atoms with E-state index in [9.17, 15) is 13.5 Å². The summed E-state index contributed by atoms with van der Waals surface area (Å²) in [6.45, 7) is 3.89. The lowest BCUT2D eigenvalue weighted by molar-refractivity contribution is 0.112. The van der Waals surface area contributed by atoms with E-state index in [1.165, 1.54) is 6.07 Å². The number of anilines is 1. The van der Waals surface area contributed by atoms with Crippen molar-refractivity contribution in [1.82, 2.24) is 4.72 Å². The Labute approximate surface area is 164 Å². The van der Waals surface area contributed by atoms with Crippen LogP contribution in [-0.2, 0) is 10.0 Å². The third-order valence-electron chi connectivity index (χ3n) is 4.45. The molecule has 0 aliphatic carbocycles. The monoisotopic (exact) mass is 416 g/mol. The van der Waals surface area contributed by atoms with Gasteiger partial charge in [-0.3, -0.25) is 0 Å². The molecular formula is C18H25ClN2O3S2. The normalized spacial score (nSPS) is 15.5. The van der Waals surface area contributed by atoms with Gasteiger partial charge in [-0.25, -0.2) is 13.1 Å².